The van der Waals surface area contributed by atoms with E-state index in [4.69, 9.17) is 11.6 Å². The molecule has 0 N–H and O–H groups in total. The van der Waals surface area contributed by atoms with E-state index in [-0.39, 0.29) is 5.91 Å². The van der Waals surface area contributed by atoms with E-state index in [1.54, 1.807) is 4.90 Å². The number of aryl methyl sites for hydroxylation is 1. The van der Waals surface area contributed by atoms with Crippen LogP contribution in [-0.2, 0) is 17.8 Å². The average molecular weight is 374 g/mol. The van der Waals surface area contributed by atoms with Crippen molar-refractivity contribution in [2.75, 3.05) is 7.05 Å². The predicted octanol–water partition coefficient (Wildman–Crippen LogP) is 4.41. The van der Waals surface area contributed by atoms with Gasteiger partial charge in [-0.15, -0.1) is 11.3 Å². The SMILES string of the molecule is Cc1nn(-c2ccccc2)c(C)c1CC(=O)N(C)Cc1ccc(Cl)s1. The third kappa shape index (κ3) is 3.94. The van der Waals surface area contributed by atoms with E-state index in [1.165, 1.54) is 11.3 Å². The number of hydrogen-bond donors (Lipinski definition) is 0. The van der Waals surface area contributed by atoms with E-state index < -0.39 is 0 Å². The maximum atomic E-state index is 12.6. The second kappa shape index (κ2) is 7.42. The fourth-order valence-electron chi connectivity index (χ4n) is 2.80. The molecule has 0 aliphatic heterocycles. The summed E-state index contributed by atoms with van der Waals surface area (Å²) in [6, 6.07) is 13.8. The Morgan fingerprint density at radius 2 is 1.92 bits per heavy atom. The van der Waals surface area contributed by atoms with Gasteiger partial charge < -0.3 is 4.90 Å². The van der Waals surface area contributed by atoms with E-state index in [0.717, 1.165) is 31.9 Å². The zero-order valence-corrected chi connectivity index (χ0v) is 16.1. The van der Waals surface area contributed by atoms with Crippen LogP contribution in [0.25, 0.3) is 5.69 Å². The molecule has 25 heavy (non-hydrogen) atoms. The summed E-state index contributed by atoms with van der Waals surface area (Å²) in [5.41, 5.74) is 3.89. The van der Waals surface area contributed by atoms with E-state index in [2.05, 4.69) is 5.10 Å². The second-order valence-corrected chi connectivity index (χ2v) is 7.83. The minimum absolute atomic E-state index is 0.0725. The van der Waals surface area contributed by atoms with Crippen molar-refractivity contribution < 1.29 is 4.79 Å². The molecular formula is C19H20ClN3OS. The first-order valence-electron chi connectivity index (χ1n) is 8.04. The largest absolute Gasteiger partial charge is 0.340 e. The lowest BCUT2D eigenvalue weighted by Gasteiger charge is -2.16. The van der Waals surface area contributed by atoms with Crippen LogP contribution in [0.1, 0.15) is 21.8 Å². The number of halogens is 1. The maximum Gasteiger partial charge on any atom is 0.227 e. The first-order chi connectivity index (χ1) is 12.0. The molecule has 0 unspecified atom stereocenters. The number of nitrogens with zero attached hydrogens (tertiary/aromatic N) is 3. The van der Waals surface area contributed by atoms with E-state index in [1.807, 2.05) is 68.0 Å². The molecule has 3 rings (SSSR count). The van der Waals surface area contributed by atoms with Crippen molar-refractivity contribution in [3.63, 3.8) is 0 Å². The number of benzene rings is 1. The van der Waals surface area contributed by atoms with Crippen molar-refractivity contribution in [2.24, 2.45) is 0 Å². The van der Waals surface area contributed by atoms with Gasteiger partial charge in [0.25, 0.3) is 0 Å². The molecule has 1 aromatic carbocycles. The monoisotopic (exact) mass is 373 g/mol. The molecule has 0 fully saturated rings. The lowest BCUT2D eigenvalue weighted by molar-refractivity contribution is -0.129. The summed E-state index contributed by atoms with van der Waals surface area (Å²) in [6.45, 7) is 4.53. The van der Waals surface area contributed by atoms with Crippen molar-refractivity contribution in [3.05, 3.63) is 68.6 Å². The predicted molar refractivity (Wildman–Crippen MR) is 103 cm³/mol. The molecule has 0 saturated carbocycles. The average Bonchev–Trinajstić information content (AvgIpc) is 3.13. The Bertz CT molecular complexity index is 885. The number of rotatable bonds is 5. The van der Waals surface area contributed by atoms with Crippen LogP contribution in [0.4, 0.5) is 0 Å². The van der Waals surface area contributed by atoms with Gasteiger partial charge in [0.05, 0.1) is 28.7 Å². The molecule has 3 aromatic rings. The smallest absolute Gasteiger partial charge is 0.227 e. The van der Waals surface area contributed by atoms with Crippen LogP contribution in [0.2, 0.25) is 4.34 Å². The Kier molecular flexibility index (Phi) is 5.25. The quantitative estimate of drug-likeness (QED) is 0.664. The normalized spacial score (nSPS) is 10.9. The van der Waals surface area contributed by atoms with Crippen LogP contribution in [-0.4, -0.2) is 27.6 Å². The number of carbonyl (C=O) groups excluding carboxylic acids is 1. The summed E-state index contributed by atoms with van der Waals surface area (Å²) < 4.78 is 2.64. The lowest BCUT2D eigenvalue weighted by Crippen LogP contribution is -2.27. The zero-order valence-electron chi connectivity index (χ0n) is 14.5. The first-order valence-corrected chi connectivity index (χ1v) is 9.24. The number of aromatic nitrogens is 2. The Labute approximate surface area is 156 Å². The Morgan fingerprint density at radius 1 is 1.20 bits per heavy atom. The minimum Gasteiger partial charge on any atom is -0.340 e. The third-order valence-electron chi connectivity index (χ3n) is 4.22. The molecule has 0 bridgehead atoms. The summed E-state index contributed by atoms with van der Waals surface area (Å²) in [5, 5.41) is 4.61. The van der Waals surface area contributed by atoms with E-state index in [9.17, 15) is 4.79 Å². The molecule has 2 aromatic heterocycles. The van der Waals surface area contributed by atoms with Gasteiger partial charge in [0.15, 0.2) is 0 Å². The van der Waals surface area contributed by atoms with Gasteiger partial charge in [0.2, 0.25) is 5.91 Å². The van der Waals surface area contributed by atoms with Crippen molar-refractivity contribution in [3.8, 4) is 5.69 Å². The minimum atomic E-state index is 0.0725. The highest BCUT2D eigenvalue weighted by atomic mass is 35.5. The second-order valence-electron chi connectivity index (χ2n) is 6.03. The third-order valence-corrected chi connectivity index (χ3v) is 5.43. The number of likely N-dealkylation sites (N-methyl/N-ethyl adjacent to an activating group) is 1. The molecule has 0 spiro atoms. The highest BCUT2D eigenvalue weighted by molar-refractivity contribution is 7.16. The summed E-state index contributed by atoms with van der Waals surface area (Å²) in [5.74, 6) is 0.0725. The van der Waals surface area contributed by atoms with E-state index in [0.29, 0.717) is 13.0 Å². The molecule has 0 radical (unpaired) electrons. The molecule has 6 heteroatoms. The highest BCUT2D eigenvalue weighted by Gasteiger charge is 2.18. The van der Waals surface area contributed by atoms with Gasteiger partial charge in [-0.25, -0.2) is 4.68 Å². The van der Waals surface area contributed by atoms with Crippen LogP contribution in [0.3, 0.4) is 0 Å². The van der Waals surface area contributed by atoms with Crippen LogP contribution in [0.5, 0.6) is 0 Å². The van der Waals surface area contributed by atoms with Gasteiger partial charge in [-0.1, -0.05) is 29.8 Å². The highest BCUT2D eigenvalue weighted by Crippen LogP contribution is 2.23. The van der Waals surface area contributed by atoms with Gasteiger partial charge in [0, 0.05) is 23.2 Å². The molecule has 1 amide bonds. The molecule has 0 atom stereocenters. The van der Waals surface area contributed by atoms with Crippen molar-refractivity contribution >= 4 is 28.8 Å². The molecule has 0 aliphatic rings. The summed E-state index contributed by atoms with van der Waals surface area (Å²) in [6.07, 6.45) is 0.347. The molecule has 4 nitrogen and oxygen atoms in total. The standard InChI is InChI=1S/C19H20ClN3OS/c1-13-17(14(2)23(21-13)15-7-5-4-6-8-15)11-19(24)22(3)12-16-9-10-18(20)25-16/h4-10H,11-12H2,1-3H3. The van der Waals surface area contributed by atoms with Crippen molar-refractivity contribution in [2.45, 2.75) is 26.8 Å². The number of thiophene rings is 1. The number of hydrogen-bond acceptors (Lipinski definition) is 3. The van der Waals surface area contributed by atoms with Gasteiger partial charge in [-0.05, 0) is 38.1 Å². The fraction of sp³-hybridized carbons (Fsp3) is 0.263. The van der Waals surface area contributed by atoms with Crippen LogP contribution in [0.15, 0.2) is 42.5 Å². The van der Waals surface area contributed by atoms with Crippen LogP contribution < -0.4 is 0 Å². The fourth-order valence-corrected chi connectivity index (χ4v) is 3.94. The molecule has 2 heterocycles. The van der Waals surface area contributed by atoms with Crippen molar-refractivity contribution in [1.82, 2.24) is 14.7 Å². The molecule has 0 aliphatic carbocycles. The topological polar surface area (TPSA) is 38.1 Å². The van der Waals surface area contributed by atoms with Crippen LogP contribution >= 0.6 is 22.9 Å². The number of amides is 1. The summed E-state index contributed by atoms with van der Waals surface area (Å²) >= 11 is 7.46. The molecule has 0 saturated heterocycles. The van der Waals surface area contributed by atoms with Gasteiger partial charge in [-0.2, -0.15) is 5.10 Å². The van der Waals surface area contributed by atoms with E-state index >= 15 is 0 Å². The maximum absolute atomic E-state index is 12.6. The van der Waals surface area contributed by atoms with Gasteiger partial charge in [0.1, 0.15) is 0 Å². The number of para-hydroxylation sites is 1. The Morgan fingerprint density at radius 3 is 2.56 bits per heavy atom. The number of carbonyl (C=O) groups is 1. The Hall–Kier alpha value is -2.11. The summed E-state index contributed by atoms with van der Waals surface area (Å²) in [4.78, 5) is 15.4. The zero-order chi connectivity index (χ0) is 18.0. The Balaban J connectivity index is 1.76. The van der Waals surface area contributed by atoms with Crippen LogP contribution in [0, 0.1) is 13.8 Å². The van der Waals surface area contributed by atoms with Gasteiger partial charge >= 0.3 is 0 Å². The molecule has 130 valence electrons. The molecular weight excluding hydrogens is 354 g/mol. The first kappa shape index (κ1) is 17.7. The van der Waals surface area contributed by atoms with Gasteiger partial charge in [-0.3, -0.25) is 4.79 Å². The lowest BCUT2D eigenvalue weighted by atomic mass is 10.1. The van der Waals surface area contributed by atoms with Crippen molar-refractivity contribution in [1.29, 1.82) is 0 Å². The summed E-state index contributed by atoms with van der Waals surface area (Å²) in [7, 11) is 1.82.